The molecule has 1 aliphatic rings. The predicted octanol–water partition coefficient (Wildman–Crippen LogP) is 3.73. The molecular formula is C18H16FN3O2S. The zero-order valence-corrected chi connectivity index (χ0v) is 14.2. The Kier molecular flexibility index (Phi) is 4.31. The monoisotopic (exact) mass is 357 g/mol. The Hall–Kier alpha value is -2.54. The standard InChI is InChI=1S/C18H16FN3O2S/c19-11-4-3-5-12(8-11)22-15(23)9-24-17-16-13-6-1-2-7-14(13)25-18(16)21-10-20-17/h3-5,8,10H,1-2,6-7,9H2,(H,22,23). The number of aromatic nitrogens is 2. The van der Waals surface area contributed by atoms with Gasteiger partial charge in [-0.3, -0.25) is 4.79 Å². The minimum atomic E-state index is -0.402. The van der Waals surface area contributed by atoms with E-state index in [2.05, 4.69) is 15.3 Å². The Labute approximate surface area is 147 Å². The van der Waals surface area contributed by atoms with Crippen LogP contribution in [0.1, 0.15) is 23.3 Å². The number of hydrogen-bond donors (Lipinski definition) is 1. The van der Waals surface area contributed by atoms with Crippen molar-refractivity contribution in [1.29, 1.82) is 0 Å². The number of fused-ring (bicyclic) bond motifs is 3. The van der Waals surface area contributed by atoms with Crippen LogP contribution in [0, 0.1) is 5.82 Å². The molecule has 2 heterocycles. The minimum absolute atomic E-state index is 0.187. The summed E-state index contributed by atoms with van der Waals surface area (Å²) in [6.07, 6.45) is 5.86. The summed E-state index contributed by atoms with van der Waals surface area (Å²) in [6.45, 7) is -0.187. The van der Waals surface area contributed by atoms with Crippen molar-refractivity contribution in [2.75, 3.05) is 11.9 Å². The van der Waals surface area contributed by atoms with E-state index in [0.29, 0.717) is 11.6 Å². The molecular weight excluding hydrogens is 341 g/mol. The molecule has 0 radical (unpaired) electrons. The minimum Gasteiger partial charge on any atom is -0.467 e. The molecule has 0 aliphatic heterocycles. The first kappa shape index (κ1) is 16.0. The predicted molar refractivity (Wildman–Crippen MR) is 94.6 cm³/mol. The number of ether oxygens (including phenoxy) is 1. The van der Waals surface area contributed by atoms with Gasteiger partial charge in [-0.1, -0.05) is 6.07 Å². The summed E-state index contributed by atoms with van der Waals surface area (Å²) in [5.41, 5.74) is 1.65. The fraction of sp³-hybridized carbons (Fsp3) is 0.278. The van der Waals surface area contributed by atoms with Crippen molar-refractivity contribution in [3.05, 3.63) is 46.9 Å². The van der Waals surface area contributed by atoms with Gasteiger partial charge in [0, 0.05) is 10.6 Å². The number of anilines is 1. The van der Waals surface area contributed by atoms with Crippen molar-refractivity contribution in [1.82, 2.24) is 9.97 Å². The van der Waals surface area contributed by atoms with Gasteiger partial charge in [0.15, 0.2) is 6.61 Å². The van der Waals surface area contributed by atoms with Gasteiger partial charge in [0.25, 0.3) is 5.91 Å². The van der Waals surface area contributed by atoms with E-state index >= 15 is 0 Å². The van der Waals surface area contributed by atoms with E-state index in [1.165, 1.54) is 41.4 Å². The topological polar surface area (TPSA) is 64.1 Å². The smallest absolute Gasteiger partial charge is 0.262 e. The molecule has 5 nitrogen and oxygen atoms in total. The average molecular weight is 357 g/mol. The third kappa shape index (κ3) is 3.32. The molecule has 0 bridgehead atoms. The lowest BCUT2D eigenvalue weighted by atomic mass is 9.97. The van der Waals surface area contributed by atoms with Crippen LogP contribution in [0.5, 0.6) is 5.88 Å². The van der Waals surface area contributed by atoms with Crippen molar-refractivity contribution in [3.63, 3.8) is 0 Å². The first-order valence-corrected chi connectivity index (χ1v) is 8.96. The Morgan fingerprint density at radius 2 is 2.16 bits per heavy atom. The van der Waals surface area contributed by atoms with Gasteiger partial charge in [0.2, 0.25) is 5.88 Å². The maximum atomic E-state index is 13.2. The second-order valence-corrected chi connectivity index (χ2v) is 7.00. The SMILES string of the molecule is O=C(COc1ncnc2sc3c(c12)CCCC3)Nc1cccc(F)c1. The van der Waals surface area contributed by atoms with Gasteiger partial charge in [0.05, 0.1) is 5.39 Å². The van der Waals surface area contributed by atoms with Gasteiger partial charge in [-0.2, -0.15) is 0 Å². The van der Waals surface area contributed by atoms with Gasteiger partial charge >= 0.3 is 0 Å². The molecule has 25 heavy (non-hydrogen) atoms. The van der Waals surface area contributed by atoms with Crippen LogP contribution in [-0.2, 0) is 17.6 Å². The third-order valence-corrected chi connectivity index (χ3v) is 5.36. The van der Waals surface area contributed by atoms with Gasteiger partial charge in [0.1, 0.15) is 17.0 Å². The first-order chi connectivity index (χ1) is 12.2. The molecule has 1 amide bonds. The average Bonchev–Trinajstić information content (AvgIpc) is 2.99. The van der Waals surface area contributed by atoms with E-state index in [4.69, 9.17) is 4.74 Å². The molecule has 0 unspecified atom stereocenters. The van der Waals surface area contributed by atoms with Crippen LogP contribution in [0.4, 0.5) is 10.1 Å². The number of carbonyl (C=O) groups is 1. The molecule has 2 aromatic heterocycles. The van der Waals surface area contributed by atoms with Gasteiger partial charge in [-0.05, 0) is 49.4 Å². The van der Waals surface area contributed by atoms with E-state index in [1.807, 2.05) is 0 Å². The van der Waals surface area contributed by atoms with Crippen LogP contribution in [0.3, 0.4) is 0 Å². The number of carbonyl (C=O) groups excluding carboxylic acids is 1. The molecule has 0 atom stereocenters. The molecule has 4 rings (SSSR count). The number of halogens is 1. The third-order valence-electron chi connectivity index (χ3n) is 4.16. The lowest BCUT2D eigenvalue weighted by Crippen LogP contribution is -2.20. The second-order valence-electron chi connectivity index (χ2n) is 5.92. The Bertz CT molecular complexity index is 941. The fourth-order valence-electron chi connectivity index (χ4n) is 3.07. The van der Waals surface area contributed by atoms with Crippen molar-refractivity contribution in [3.8, 4) is 5.88 Å². The zero-order chi connectivity index (χ0) is 17.2. The number of aryl methyl sites for hydroxylation is 2. The second kappa shape index (κ2) is 6.76. The lowest BCUT2D eigenvalue weighted by Gasteiger charge is -2.12. The summed E-state index contributed by atoms with van der Waals surface area (Å²) in [5.74, 6) is -0.318. The maximum Gasteiger partial charge on any atom is 0.262 e. The number of rotatable bonds is 4. The molecule has 128 valence electrons. The van der Waals surface area contributed by atoms with Gasteiger partial charge in [-0.15, -0.1) is 11.3 Å². The molecule has 0 fully saturated rings. The Morgan fingerprint density at radius 1 is 1.28 bits per heavy atom. The first-order valence-electron chi connectivity index (χ1n) is 8.14. The summed E-state index contributed by atoms with van der Waals surface area (Å²) in [6, 6.07) is 5.75. The maximum absolute atomic E-state index is 13.2. The molecule has 3 aromatic rings. The number of thiophene rings is 1. The van der Waals surface area contributed by atoms with Crippen molar-refractivity contribution >= 4 is 33.1 Å². The summed E-state index contributed by atoms with van der Waals surface area (Å²) in [4.78, 5) is 22.9. The Balaban J connectivity index is 1.51. The zero-order valence-electron chi connectivity index (χ0n) is 13.4. The summed E-state index contributed by atoms with van der Waals surface area (Å²) in [5, 5.41) is 3.54. The van der Waals surface area contributed by atoms with Crippen LogP contribution in [0.25, 0.3) is 10.2 Å². The van der Waals surface area contributed by atoms with Crippen LogP contribution >= 0.6 is 11.3 Å². The number of benzene rings is 1. The molecule has 7 heteroatoms. The van der Waals surface area contributed by atoms with E-state index in [1.54, 1.807) is 17.4 Å². The summed E-state index contributed by atoms with van der Waals surface area (Å²) >= 11 is 1.68. The van der Waals surface area contributed by atoms with Crippen molar-refractivity contribution < 1.29 is 13.9 Å². The Morgan fingerprint density at radius 3 is 3.04 bits per heavy atom. The van der Waals surface area contributed by atoms with E-state index < -0.39 is 5.82 Å². The fourth-order valence-corrected chi connectivity index (χ4v) is 4.29. The molecule has 1 aliphatic carbocycles. The van der Waals surface area contributed by atoms with Crippen molar-refractivity contribution in [2.45, 2.75) is 25.7 Å². The summed E-state index contributed by atoms with van der Waals surface area (Å²) in [7, 11) is 0. The normalized spacial score (nSPS) is 13.5. The number of amides is 1. The van der Waals surface area contributed by atoms with Crippen LogP contribution < -0.4 is 10.1 Å². The molecule has 0 saturated heterocycles. The molecule has 0 saturated carbocycles. The largest absolute Gasteiger partial charge is 0.467 e. The highest BCUT2D eigenvalue weighted by atomic mass is 32.1. The van der Waals surface area contributed by atoms with E-state index in [-0.39, 0.29) is 12.5 Å². The highest BCUT2D eigenvalue weighted by Gasteiger charge is 2.21. The molecule has 1 aromatic carbocycles. The molecule has 0 spiro atoms. The lowest BCUT2D eigenvalue weighted by molar-refractivity contribution is -0.118. The highest BCUT2D eigenvalue weighted by Crippen LogP contribution is 2.38. The van der Waals surface area contributed by atoms with E-state index in [9.17, 15) is 9.18 Å². The van der Waals surface area contributed by atoms with E-state index in [0.717, 1.165) is 29.5 Å². The van der Waals surface area contributed by atoms with Crippen LogP contribution in [-0.4, -0.2) is 22.5 Å². The van der Waals surface area contributed by atoms with Gasteiger partial charge in [-0.25, -0.2) is 14.4 Å². The van der Waals surface area contributed by atoms with Crippen LogP contribution in [0.2, 0.25) is 0 Å². The van der Waals surface area contributed by atoms with Crippen LogP contribution in [0.15, 0.2) is 30.6 Å². The number of hydrogen-bond acceptors (Lipinski definition) is 5. The number of nitrogens with one attached hydrogen (secondary N) is 1. The van der Waals surface area contributed by atoms with Crippen molar-refractivity contribution in [2.24, 2.45) is 0 Å². The quantitative estimate of drug-likeness (QED) is 0.773. The molecule has 1 N–H and O–H groups in total. The van der Waals surface area contributed by atoms with Gasteiger partial charge < -0.3 is 10.1 Å². The highest BCUT2D eigenvalue weighted by molar-refractivity contribution is 7.18. The number of nitrogens with zero attached hydrogens (tertiary/aromatic N) is 2. The summed E-state index contributed by atoms with van der Waals surface area (Å²) < 4.78 is 18.8.